The Morgan fingerprint density at radius 3 is 2.89 bits per heavy atom. The molecule has 2 aromatic rings. The van der Waals surface area contributed by atoms with Crippen molar-refractivity contribution in [3.8, 4) is 11.4 Å². The number of nitrogen functional groups attached to an aromatic ring is 1. The number of anilines is 1. The van der Waals surface area contributed by atoms with Crippen LogP contribution in [0, 0.1) is 0 Å². The van der Waals surface area contributed by atoms with E-state index in [1.54, 1.807) is 18.2 Å². The first-order chi connectivity index (χ1) is 8.67. The number of hydrogen-bond acceptors (Lipinski definition) is 7. The molecule has 94 valence electrons. The summed E-state index contributed by atoms with van der Waals surface area (Å²) >= 11 is 0. The number of hydrogen-bond donors (Lipinski definition) is 2. The minimum absolute atomic E-state index is 0.128. The molecular weight excluding hydrogens is 236 g/mol. The van der Waals surface area contributed by atoms with Crippen LogP contribution in [0.5, 0.6) is 0 Å². The van der Waals surface area contributed by atoms with E-state index >= 15 is 0 Å². The molecule has 0 atom stereocenters. The summed E-state index contributed by atoms with van der Waals surface area (Å²) in [6.07, 6.45) is 0. The van der Waals surface area contributed by atoms with E-state index in [1.165, 1.54) is 7.11 Å². The number of esters is 1. The number of methoxy groups -OCH3 is 1. The van der Waals surface area contributed by atoms with Gasteiger partial charge < -0.3 is 20.7 Å². The van der Waals surface area contributed by atoms with E-state index in [0.717, 1.165) is 0 Å². The van der Waals surface area contributed by atoms with Gasteiger partial charge in [-0.15, -0.1) is 0 Å². The van der Waals surface area contributed by atoms with Gasteiger partial charge in [0.1, 0.15) is 0 Å². The maximum Gasteiger partial charge on any atom is 0.340 e. The van der Waals surface area contributed by atoms with Crippen LogP contribution in [0.2, 0.25) is 0 Å². The largest absolute Gasteiger partial charge is 0.465 e. The van der Waals surface area contributed by atoms with Gasteiger partial charge in [0, 0.05) is 11.3 Å². The van der Waals surface area contributed by atoms with Crippen molar-refractivity contribution in [1.82, 2.24) is 10.1 Å². The standard InChI is InChI=1S/C11H12N4O3/c1-17-11(16)9-6(3-2-4-7(9)13)10-14-8(5-12)18-15-10/h2-4H,5,12-13H2,1H3. The quantitative estimate of drug-likeness (QED) is 0.602. The summed E-state index contributed by atoms with van der Waals surface area (Å²) in [4.78, 5) is 15.7. The van der Waals surface area contributed by atoms with Gasteiger partial charge in [-0.1, -0.05) is 17.3 Å². The van der Waals surface area contributed by atoms with Gasteiger partial charge in [0.2, 0.25) is 11.7 Å². The minimum Gasteiger partial charge on any atom is -0.465 e. The number of rotatable bonds is 3. The molecular formula is C11H12N4O3. The molecule has 0 amide bonds. The van der Waals surface area contributed by atoms with Crippen LogP contribution in [0.4, 0.5) is 5.69 Å². The molecule has 18 heavy (non-hydrogen) atoms. The molecule has 1 aromatic carbocycles. The number of benzene rings is 1. The highest BCUT2D eigenvalue weighted by Gasteiger charge is 2.20. The summed E-state index contributed by atoms with van der Waals surface area (Å²) in [6.45, 7) is 0.128. The lowest BCUT2D eigenvalue weighted by molar-refractivity contribution is 0.0602. The fourth-order valence-corrected chi connectivity index (χ4v) is 1.53. The molecule has 0 fully saturated rings. The number of ether oxygens (including phenoxy) is 1. The normalized spacial score (nSPS) is 10.3. The van der Waals surface area contributed by atoms with Crippen molar-refractivity contribution >= 4 is 11.7 Å². The Kier molecular flexibility index (Phi) is 3.24. The van der Waals surface area contributed by atoms with Gasteiger partial charge >= 0.3 is 5.97 Å². The minimum atomic E-state index is -0.554. The molecule has 0 aliphatic carbocycles. The Balaban J connectivity index is 2.56. The topological polar surface area (TPSA) is 117 Å². The second-order valence-corrected chi connectivity index (χ2v) is 3.48. The molecule has 0 spiro atoms. The van der Waals surface area contributed by atoms with Crippen molar-refractivity contribution in [2.24, 2.45) is 5.73 Å². The highest BCUT2D eigenvalue weighted by Crippen LogP contribution is 2.26. The van der Waals surface area contributed by atoms with Crippen LogP contribution >= 0.6 is 0 Å². The molecule has 7 nitrogen and oxygen atoms in total. The fraction of sp³-hybridized carbons (Fsp3) is 0.182. The van der Waals surface area contributed by atoms with Crippen molar-refractivity contribution in [2.45, 2.75) is 6.54 Å². The highest BCUT2D eigenvalue weighted by atomic mass is 16.5. The maximum atomic E-state index is 11.7. The van der Waals surface area contributed by atoms with Crippen molar-refractivity contribution in [2.75, 3.05) is 12.8 Å². The van der Waals surface area contributed by atoms with Crippen LogP contribution in [0.15, 0.2) is 22.7 Å². The van der Waals surface area contributed by atoms with Crippen molar-refractivity contribution < 1.29 is 14.1 Å². The summed E-state index contributed by atoms with van der Waals surface area (Å²) in [7, 11) is 1.28. The summed E-state index contributed by atoms with van der Waals surface area (Å²) in [6, 6.07) is 4.95. The molecule has 7 heteroatoms. The van der Waals surface area contributed by atoms with E-state index in [9.17, 15) is 4.79 Å². The predicted molar refractivity (Wildman–Crippen MR) is 63.4 cm³/mol. The SMILES string of the molecule is COC(=O)c1c(N)cccc1-c1noc(CN)n1. The van der Waals surface area contributed by atoms with Crippen LogP contribution in [0.3, 0.4) is 0 Å². The molecule has 2 rings (SSSR count). The van der Waals surface area contributed by atoms with Gasteiger partial charge in [-0.05, 0) is 6.07 Å². The molecule has 1 aromatic heterocycles. The van der Waals surface area contributed by atoms with Crippen LogP contribution in [0.1, 0.15) is 16.2 Å². The predicted octanol–water partition coefficient (Wildman–Crippen LogP) is 0.564. The van der Waals surface area contributed by atoms with Crippen LogP contribution in [-0.2, 0) is 11.3 Å². The number of aromatic nitrogens is 2. The first-order valence-corrected chi connectivity index (χ1v) is 5.17. The van der Waals surface area contributed by atoms with E-state index < -0.39 is 5.97 Å². The molecule has 0 bridgehead atoms. The smallest absolute Gasteiger partial charge is 0.340 e. The van der Waals surface area contributed by atoms with E-state index in [1.807, 2.05) is 0 Å². The molecule has 0 radical (unpaired) electrons. The second kappa shape index (κ2) is 4.84. The summed E-state index contributed by atoms with van der Waals surface area (Å²) in [5, 5.41) is 3.75. The lowest BCUT2D eigenvalue weighted by Crippen LogP contribution is -2.08. The Bertz CT molecular complexity index is 579. The zero-order valence-electron chi connectivity index (χ0n) is 9.71. The Morgan fingerprint density at radius 2 is 2.28 bits per heavy atom. The fourth-order valence-electron chi connectivity index (χ4n) is 1.53. The van der Waals surface area contributed by atoms with E-state index in [2.05, 4.69) is 14.9 Å². The number of carbonyl (C=O) groups is 1. The number of carbonyl (C=O) groups excluding carboxylic acids is 1. The lowest BCUT2D eigenvalue weighted by atomic mass is 10.1. The number of nitrogens with two attached hydrogens (primary N) is 2. The van der Waals surface area contributed by atoms with Crippen LogP contribution in [-0.4, -0.2) is 23.2 Å². The second-order valence-electron chi connectivity index (χ2n) is 3.48. The zero-order valence-corrected chi connectivity index (χ0v) is 9.71. The highest BCUT2D eigenvalue weighted by molar-refractivity contribution is 6.01. The third-order valence-electron chi connectivity index (χ3n) is 2.37. The Labute approximate surface area is 103 Å². The number of nitrogens with zero attached hydrogens (tertiary/aromatic N) is 2. The van der Waals surface area contributed by atoms with Gasteiger partial charge in [0.25, 0.3) is 0 Å². The average Bonchev–Trinajstić information content (AvgIpc) is 2.86. The molecule has 0 unspecified atom stereocenters. The average molecular weight is 248 g/mol. The van der Waals surface area contributed by atoms with E-state index in [0.29, 0.717) is 11.3 Å². The summed E-state index contributed by atoms with van der Waals surface area (Å²) in [5.74, 6) is -0.0198. The zero-order chi connectivity index (χ0) is 13.1. The monoisotopic (exact) mass is 248 g/mol. The van der Waals surface area contributed by atoms with Gasteiger partial charge in [-0.3, -0.25) is 0 Å². The lowest BCUT2D eigenvalue weighted by Gasteiger charge is -2.07. The van der Waals surface area contributed by atoms with Gasteiger partial charge in [-0.2, -0.15) is 4.98 Å². The Morgan fingerprint density at radius 1 is 1.50 bits per heavy atom. The van der Waals surface area contributed by atoms with E-state index in [-0.39, 0.29) is 23.8 Å². The Hall–Kier alpha value is -2.41. The molecule has 1 heterocycles. The summed E-state index contributed by atoms with van der Waals surface area (Å²) in [5.41, 5.74) is 12.1. The van der Waals surface area contributed by atoms with Crippen LogP contribution in [0.25, 0.3) is 11.4 Å². The van der Waals surface area contributed by atoms with Gasteiger partial charge in [-0.25, -0.2) is 4.79 Å². The maximum absolute atomic E-state index is 11.7. The van der Waals surface area contributed by atoms with Gasteiger partial charge in [0.15, 0.2) is 0 Å². The molecule has 4 N–H and O–H groups in total. The molecule has 0 saturated carbocycles. The molecule has 0 aliphatic heterocycles. The molecule has 0 aliphatic rings. The first kappa shape index (κ1) is 12.1. The van der Waals surface area contributed by atoms with Crippen molar-refractivity contribution in [3.05, 3.63) is 29.7 Å². The van der Waals surface area contributed by atoms with E-state index in [4.69, 9.17) is 16.0 Å². The first-order valence-electron chi connectivity index (χ1n) is 5.17. The molecule has 0 saturated heterocycles. The van der Waals surface area contributed by atoms with Gasteiger partial charge in [0.05, 0.1) is 19.2 Å². The third kappa shape index (κ3) is 2.03. The van der Waals surface area contributed by atoms with Crippen molar-refractivity contribution in [3.63, 3.8) is 0 Å². The third-order valence-corrected chi connectivity index (χ3v) is 2.37. The van der Waals surface area contributed by atoms with Crippen molar-refractivity contribution in [1.29, 1.82) is 0 Å². The summed E-state index contributed by atoms with van der Waals surface area (Å²) < 4.78 is 9.58. The van der Waals surface area contributed by atoms with Crippen LogP contribution < -0.4 is 11.5 Å².